The first-order valence-electron chi connectivity index (χ1n) is 6.97. The van der Waals surface area contributed by atoms with E-state index in [9.17, 15) is 0 Å². The molecule has 0 saturated heterocycles. The van der Waals surface area contributed by atoms with E-state index in [4.69, 9.17) is 11.6 Å². The van der Waals surface area contributed by atoms with Gasteiger partial charge in [0, 0.05) is 44.6 Å². The Morgan fingerprint density at radius 2 is 1.86 bits per heavy atom. The SMILES string of the molecule is CN=C(NCCc1ccc(Cl)cc1)NCc1ccn(C)c1.I. The molecule has 6 heteroatoms. The van der Waals surface area contributed by atoms with E-state index < -0.39 is 0 Å². The highest BCUT2D eigenvalue weighted by Gasteiger charge is 1.99. The Bertz CT molecular complexity index is 592. The Hall–Kier alpha value is -1.21. The van der Waals surface area contributed by atoms with Gasteiger partial charge in [0.2, 0.25) is 0 Å². The van der Waals surface area contributed by atoms with Gasteiger partial charge in [-0.2, -0.15) is 0 Å². The lowest BCUT2D eigenvalue weighted by Crippen LogP contribution is -2.37. The molecule has 0 amide bonds. The second-order valence-electron chi connectivity index (χ2n) is 4.91. The van der Waals surface area contributed by atoms with Gasteiger partial charge >= 0.3 is 0 Å². The molecule has 4 nitrogen and oxygen atoms in total. The van der Waals surface area contributed by atoms with Crippen LogP contribution in [0, 0.1) is 0 Å². The summed E-state index contributed by atoms with van der Waals surface area (Å²) >= 11 is 5.87. The summed E-state index contributed by atoms with van der Waals surface area (Å²) in [7, 11) is 3.80. The molecule has 120 valence electrons. The molecule has 0 aliphatic carbocycles. The zero-order valence-electron chi connectivity index (χ0n) is 12.8. The van der Waals surface area contributed by atoms with Crippen LogP contribution in [0.25, 0.3) is 0 Å². The van der Waals surface area contributed by atoms with Crippen molar-refractivity contribution < 1.29 is 0 Å². The number of hydrogen-bond acceptors (Lipinski definition) is 1. The number of rotatable bonds is 5. The van der Waals surface area contributed by atoms with E-state index >= 15 is 0 Å². The molecule has 0 spiro atoms. The molecule has 0 radical (unpaired) electrons. The first-order valence-corrected chi connectivity index (χ1v) is 7.35. The van der Waals surface area contributed by atoms with Crippen LogP contribution < -0.4 is 10.6 Å². The van der Waals surface area contributed by atoms with E-state index in [1.54, 1.807) is 7.05 Å². The van der Waals surface area contributed by atoms with Crippen LogP contribution in [-0.4, -0.2) is 24.1 Å². The first kappa shape index (κ1) is 18.8. The zero-order valence-corrected chi connectivity index (χ0v) is 15.9. The molecular weight excluding hydrogens is 411 g/mol. The van der Waals surface area contributed by atoms with Crippen molar-refractivity contribution >= 4 is 41.5 Å². The lowest BCUT2D eigenvalue weighted by atomic mass is 10.1. The largest absolute Gasteiger partial charge is 0.357 e. The van der Waals surface area contributed by atoms with Crippen molar-refractivity contribution in [3.63, 3.8) is 0 Å². The highest BCUT2D eigenvalue weighted by molar-refractivity contribution is 14.0. The maximum atomic E-state index is 5.87. The number of aromatic nitrogens is 1. The van der Waals surface area contributed by atoms with E-state index in [0.29, 0.717) is 0 Å². The number of aliphatic imine (C=N–C) groups is 1. The molecule has 0 bridgehead atoms. The van der Waals surface area contributed by atoms with Gasteiger partial charge in [0.1, 0.15) is 0 Å². The number of aryl methyl sites for hydroxylation is 1. The quantitative estimate of drug-likeness (QED) is 0.433. The summed E-state index contributed by atoms with van der Waals surface area (Å²) in [6, 6.07) is 10.0. The molecule has 0 fully saturated rings. The van der Waals surface area contributed by atoms with E-state index in [-0.39, 0.29) is 24.0 Å². The zero-order chi connectivity index (χ0) is 15.1. The van der Waals surface area contributed by atoms with Crippen LogP contribution in [0.1, 0.15) is 11.1 Å². The molecule has 22 heavy (non-hydrogen) atoms. The van der Waals surface area contributed by atoms with Crippen molar-refractivity contribution in [1.29, 1.82) is 0 Å². The van der Waals surface area contributed by atoms with Gasteiger partial charge in [-0.1, -0.05) is 23.7 Å². The number of nitrogens with one attached hydrogen (secondary N) is 2. The second kappa shape index (κ2) is 9.74. The van der Waals surface area contributed by atoms with Gasteiger partial charge in [-0.25, -0.2) is 0 Å². The number of halogens is 2. The van der Waals surface area contributed by atoms with Crippen molar-refractivity contribution in [3.05, 3.63) is 58.9 Å². The molecule has 2 aromatic rings. The summed E-state index contributed by atoms with van der Waals surface area (Å²) in [6.45, 7) is 1.59. The Morgan fingerprint density at radius 1 is 1.14 bits per heavy atom. The summed E-state index contributed by atoms with van der Waals surface area (Å²) in [5, 5.41) is 7.38. The number of hydrogen-bond donors (Lipinski definition) is 2. The van der Waals surface area contributed by atoms with Crippen molar-refractivity contribution in [1.82, 2.24) is 15.2 Å². The molecule has 0 aliphatic rings. The van der Waals surface area contributed by atoms with Crippen molar-refractivity contribution in [2.45, 2.75) is 13.0 Å². The minimum absolute atomic E-state index is 0. The third-order valence-electron chi connectivity index (χ3n) is 3.20. The monoisotopic (exact) mass is 432 g/mol. The van der Waals surface area contributed by atoms with Gasteiger partial charge in [0.25, 0.3) is 0 Å². The summed E-state index contributed by atoms with van der Waals surface area (Å²) in [5.74, 6) is 0.813. The molecule has 0 unspecified atom stereocenters. The molecule has 2 N–H and O–H groups in total. The molecule has 0 aliphatic heterocycles. The van der Waals surface area contributed by atoms with Gasteiger partial charge in [-0.15, -0.1) is 24.0 Å². The molecule has 1 aromatic carbocycles. The maximum Gasteiger partial charge on any atom is 0.191 e. The van der Waals surface area contributed by atoms with Gasteiger partial charge in [0.15, 0.2) is 5.96 Å². The van der Waals surface area contributed by atoms with Crippen LogP contribution in [0.4, 0.5) is 0 Å². The summed E-state index contributed by atoms with van der Waals surface area (Å²) in [6.07, 6.45) is 5.06. The third kappa shape index (κ3) is 6.27. The molecule has 2 rings (SSSR count). The molecule has 0 atom stereocenters. The number of nitrogens with zero attached hydrogens (tertiary/aromatic N) is 2. The van der Waals surface area contributed by atoms with E-state index in [0.717, 1.165) is 30.5 Å². The number of guanidine groups is 1. The van der Waals surface area contributed by atoms with Crippen LogP contribution in [0.2, 0.25) is 5.02 Å². The molecule has 0 saturated carbocycles. The minimum Gasteiger partial charge on any atom is -0.357 e. The van der Waals surface area contributed by atoms with Crippen LogP contribution in [-0.2, 0) is 20.0 Å². The fourth-order valence-corrected chi connectivity index (χ4v) is 2.17. The Morgan fingerprint density at radius 3 is 2.45 bits per heavy atom. The first-order chi connectivity index (χ1) is 10.2. The fraction of sp³-hybridized carbons (Fsp3) is 0.312. The van der Waals surface area contributed by atoms with Gasteiger partial charge in [-0.05, 0) is 35.7 Å². The van der Waals surface area contributed by atoms with Crippen LogP contribution in [0.3, 0.4) is 0 Å². The van der Waals surface area contributed by atoms with Gasteiger partial charge in [-0.3, -0.25) is 4.99 Å². The predicted octanol–water partition coefficient (Wildman–Crippen LogP) is 3.20. The van der Waals surface area contributed by atoms with Crippen LogP contribution in [0.15, 0.2) is 47.7 Å². The predicted molar refractivity (Wildman–Crippen MR) is 104 cm³/mol. The average Bonchev–Trinajstić information content (AvgIpc) is 2.90. The molecular formula is C16H22ClIN4. The standard InChI is InChI=1S/C16H21ClN4.HI/c1-18-16(20-11-14-8-10-21(2)12-14)19-9-7-13-3-5-15(17)6-4-13;/h3-6,8,10,12H,7,9,11H2,1-2H3,(H2,18,19,20);1H. The van der Waals surface area contributed by atoms with Crippen molar-refractivity contribution in [2.75, 3.05) is 13.6 Å². The van der Waals surface area contributed by atoms with Gasteiger partial charge < -0.3 is 15.2 Å². The minimum atomic E-state index is 0. The van der Waals surface area contributed by atoms with E-state index in [2.05, 4.69) is 27.9 Å². The second-order valence-corrected chi connectivity index (χ2v) is 5.35. The lowest BCUT2D eigenvalue weighted by Gasteiger charge is -2.11. The summed E-state index contributed by atoms with van der Waals surface area (Å²) < 4.78 is 2.04. The summed E-state index contributed by atoms with van der Waals surface area (Å²) in [5.41, 5.74) is 2.49. The highest BCUT2D eigenvalue weighted by atomic mass is 127. The molecule has 1 aromatic heterocycles. The highest BCUT2D eigenvalue weighted by Crippen LogP contribution is 2.09. The lowest BCUT2D eigenvalue weighted by molar-refractivity contribution is 0.792. The number of benzene rings is 1. The van der Waals surface area contributed by atoms with Gasteiger partial charge in [0.05, 0.1) is 0 Å². The van der Waals surface area contributed by atoms with Crippen molar-refractivity contribution in [3.8, 4) is 0 Å². The normalized spacial score (nSPS) is 11.0. The molecule has 1 heterocycles. The van der Waals surface area contributed by atoms with Crippen LogP contribution in [0.5, 0.6) is 0 Å². The summed E-state index contributed by atoms with van der Waals surface area (Å²) in [4.78, 5) is 4.22. The maximum absolute atomic E-state index is 5.87. The fourth-order valence-electron chi connectivity index (χ4n) is 2.05. The van der Waals surface area contributed by atoms with Crippen LogP contribution >= 0.6 is 35.6 Å². The topological polar surface area (TPSA) is 41.4 Å². The Kier molecular flexibility index (Phi) is 8.34. The Balaban J connectivity index is 0.00000242. The average molecular weight is 433 g/mol. The smallest absolute Gasteiger partial charge is 0.191 e. The van der Waals surface area contributed by atoms with E-state index in [1.807, 2.05) is 42.1 Å². The van der Waals surface area contributed by atoms with E-state index in [1.165, 1.54) is 11.1 Å². The Labute approximate surface area is 154 Å². The third-order valence-corrected chi connectivity index (χ3v) is 3.45. The van der Waals surface area contributed by atoms with Crippen molar-refractivity contribution in [2.24, 2.45) is 12.0 Å².